The van der Waals surface area contributed by atoms with E-state index in [4.69, 9.17) is 10.5 Å². The minimum Gasteiger partial charge on any atom is -0.382 e. The Bertz CT molecular complexity index is 190. The van der Waals surface area contributed by atoms with Gasteiger partial charge in [0.2, 0.25) is 0 Å². The van der Waals surface area contributed by atoms with Crippen molar-refractivity contribution in [2.45, 2.75) is 26.7 Å². The van der Waals surface area contributed by atoms with E-state index in [0.29, 0.717) is 5.96 Å². The molecule has 0 aromatic rings. The van der Waals surface area contributed by atoms with Gasteiger partial charge in [-0.25, -0.2) is 0 Å². The average molecular weight is 213 g/mol. The van der Waals surface area contributed by atoms with Gasteiger partial charge >= 0.3 is 0 Å². The molecule has 0 heterocycles. The van der Waals surface area contributed by atoms with Crippen LogP contribution in [-0.2, 0) is 4.74 Å². The first-order chi connectivity index (χ1) is 7.31. The van der Waals surface area contributed by atoms with E-state index in [9.17, 15) is 0 Å². The number of hydrogen-bond donors (Lipinski definition) is 2. The predicted molar refractivity (Wildman–Crippen MR) is 65.0 cm³/mol. The first-order valence-electron chi connectivity index (χ1n) is 5.54. The van der Waals surface area contributed by atoms with E-state index in [-0.39, 0.29) is 0 Å². The summed E-state index contributed by atoms with van der Waals surface area (Å²) in [7, 11) is 0. The van der Waals surface area contributed by atoms with Crippen LogP contribution in [0.2, 0.25) is 0 Å². The van der Waals surface area contributed by atoms with Crippen LogP contribution in [0, 0.1) is 0 Å². The second kappa shape index (κ2) is 11.0. The molecular weight excluding hydrogens is 190 g/mol. The molecule has 0 radical (unpaired) electrons. The fourth-order valence-electron chi connectivity index (χ4n) is 1.02. The lowest BCUT2D eigenvalue weighted by Crippen LogP contribution is -2.32. The first kappa shape index (κ1) is 14.0. The van der Waals surface area contributed by atoms with Crippen molar-refractivity contribution in [3.63, 3.8) is 0 Å². The van der Waals surface area contributed by atoms with E-state index in [1.165, 1.54) is 0 Å². The Morgan fingerprint density at radius 3 is 3.00 bits per heavy atom. The smallest absolute Gasteiger partial charge is 0.188 e. The Morgan fingerprint density at radius 1 is 1.53 bits per heavy atom. The molecule has 0 aromatic heterocycles. The van der Waals surface area contributed by atoms with E-state index in [1.54, 1.807) is 0 Å². The minimum absolute atomic E-state index is 0.524. The van der Waals surface area contributed by atoms with Gasteiger partial charge in [-0.1, -0.05) is 12.2 Å². The first-order valence-corrected chi connectivity index (χ1v) is 5.54. The summed E-state index contributed by atoms with van der Waals surface area (Å²) >= 11 is 0. The molecule has 0 unspecified atom stereocenters. The standard InChI is InChI=1S/C11H23N3O/c1-3-5-6-8-13-11(12)14-9-7-10-15-4-2/h3,5H,4,6-10H2,1-2H3,(H3,12,13,14). The summed E-state index contributed by atoms with van der Waals surface area (Å²) in [4.78, 5) is 4.17. The van der Waals surface area contributed by atoms with Gasteiger partial charge < -0.3 is 15.8 Å². The topological polar surface area (TPSA) is 59.6 Å². The van der Waals surface area contributed by atoms with Crippen LogP contribution in [0.25, 0.3) is 0 Å². The highest BCUT2D eigenvalue weighted by atomic mass is 16.5. The Hall–Kier alpha value is -1.03. The van der Waals surface area contributed by atoms with Crippen molar-refractivity contribution >= 4 is 5.96 Å². The number of hydrogen-bond acceptors (Lipinski definition) is 2. The van der Waals surface area contributed by atoms with Gasteiger partial charge in [0.25, 0.3) is 0 Å². The molecule has 0 amide bonds. The van der Waals surface area contributed by atoms with Crippen molar-refractivity contribution < 1.29 is 4.74 Å². The second-order valence-electron chi connectivity index (χ2n) is 3.10. The summed E-state index contributed by atoms with van der Waals surface area (Å²) in [6.07, 6.45) is 6.02. The molecule has 0 spiro atoms. The molecule has 0 aromatic carbocycles. The fourth-order valence-corrected chi connectivity index (χ4v) is 1.02. The summed E-state index contributed by atoms with van der Waals surface area (Å²) in [6, 6.07) is 0. The maximum Gasteiger partial charge on any atom is 0.188 e. The molecule has 0 fully saturated rings. The van der Waals surface area contributed by atoms with Crippen molar-refractivity contribution in [3.8, 4) is 0 Å². The fraction of sp³-hybridized carbons (Fsp3) is 0.727. The largest absolute Gasteiger partial charge is 0.382 e. The maximum absolute atomic E-state index is 5.64. The van der Waals surface area contributed by atoms with Crippen molar-refractivity contribution in [3.05, 3.63) is 12.2 Å². The summed E-state index contributed by atoms with van der Waals surface area (Å²) in [5.74, 6) is 0.524. The number of nitrogens with two attached hydrogens (primary N) is 1. The van der Waals surface area contributed by atoms with E-state index in [0.717, 1.165) is 39.1 Å². The van der Waals surface area contributed by atoms with Gasteiger partial charge in [0.05, 0.1) is 0 Å². The van der Waals surface area contributed by atoms with Crippen LogP contribution in [0.15, 0.2) is 17.1 Å². The molecule has 0 rings (SSSR count). The summed E-state index contributed by atoms with van der Waals surface area (Å²) in [5.41, 5.74) is 5.64. The summed E-state index contributed by atoms with van der Waals surface area (Å²) < 4.78 is 5.19. The zero-order valence-corrected chi connectivity index (χ0v) is 9.83. The number of ether oxygens (including phenoxy) is 1. The van der Waals surface area contributed by atoms with Crippen LogP contribution in [0.3, 0.4) is 0 Å². The monoisotopic (exact) mass is 213 g/mol. The maximum atomic E-state index is 5.64. The zero-order valence-electron chi connectivity index (χ0n) is 9.83. The van der Waals surface area contributed by atoms with E-state index in [2.05, 4.69) is 16.4 Å². The molecule has 88 valence electrons. The number of allylic oxidation sites excluding steroid dienone is 1. The third-order valence-corrected chi connectivity index (χ3v) is 1.79. The van der Waals surface area contributed by atoms with Crippen LogP contribution >= 0.6 is 0 Å². The number of nitrogens with one attached hydrogen (secondary N) is 1. The number of rotatable bonds is 8. The molecule has 0 bridgehead atoms. The highest BCUT2D eigenvalue weighted by Gasteiger charge is 1.89. The van der Waals surface area contributed by atoms with Gasteiger partial charge in [0.15, 0.2) is 5.96 Å². The van der Waals surface area contributed by atoms with Gasteiger partial charge in [-0.05, 0) is 26.7 Å². The lowest BCUT2D eigenvalue weighted by atomic mass is 10.4. The highest BCUT2D eigenvalue weighted by molar-refractivity contribution is 5.77. The quantitative estimate of drug-likeness (QED) is 0.276. The van der Waals surface area contributed by atoms with Crippen LogP contribution in [-0.4, -0.2) is 32.3 Å². The number of guanidine groups is 1. The summed E-state index contributed by atoms with van der Waals surface area (Å²) in [5, 5.41) is 3.04. The van der Waals surface area contributed by atoms with Gasteiger partial charge in [0, 0.05) is 26.3 Å². The molecule has 0 aliphatic carbocycles. The van der Waals surface area contributed by atoms with Crippen LogP contribution < -0.4 is 11.1 Å². The Labute approximate surface area is 92.6 Å². The van der Waals surface area contributed by atoms with Crippen LogP contribution in [0.1, 0.15) is 26.7 Å². The highest BCUT2D eigenvalue weighted by Crippen LogP contribution is 1.84. The molecule has 0 saturated carbocycles. The molecule has 3 N–H and O–H groups in total. The lowest BCUT2D eigenvalue weighted by Gasteiger charge is -2.03. The zero-order chi connectivity index (χ0) is 11.4. The Kier molecular flexibility index (Phi) is 10.3. The van der Waals surface area contributed by atoms with Crippen LogP contribution in [0.4, 0.5) is 0 Å². The minimum atomic E-state index is 0.524. The molecule has 0 saturated heterocycles. The molecule has 4 nitrogen and oxygen atoms in total. The second-order valence-corrected chi connectivity index (χ2v) is 3.10. The van der Waals surface area contributed by atoms with E-state index >= 15 is 0 Å². The summed E-state index contributed by atoms with van der Waals surface area (Å²) in [6.45, 7) is 7.08. The van der Waals surface area contributed by atoms with Gasteiger partial charge in [0.1, 0.15) is 0 Å². The third-order valence-electron chi connectivity index (χ3n) is 1.79. The predicted octanol–water partition coefficient (Wildman–Crippen LogP) is 1.28. The van der Waals surface area contributed by atoms with Crippen molar-refractivity contribution in [2.75, 3.05) is 26.3 Å². The van der Waals surface area contributed by atoms with Gasteiger partial charge in [-0.15, -0.1) is 0 Å². The van der Waals surface area contributed by atoms with E-state index in [1.807, 2.05) is 19.9 Å². The Balaban J connectivity index is 3.35. The molecule has 15 heavy (non-hydrogen) atoms. The number of aliphatic imine (C=N–C) groups is 1. The van der Waals surface area contributed by atoms with Gasteiger partial charge in [-0.2, -0.15) is 0 Å². The van der Waals surface area contributed by atoms with E-state index < -0.39 is 0 Å². The number of nitrogens with zero attached hydrogens (tertiary/aromatic N) is 1. The SMILES string of the molecule is CC=CCCNC(N)=NCCCOCC. The third kappa shape index (κ3) is 10.9. The molecular formula is C11H23N3O. The molecule has 0 aliphatic rings. The van der Waals surface area contributed by atoms with Crippen molar-refractivity contribution in [1.29, 1.82) is 0 Å². The van der Waals surface area contributed by atoms with Crippen LogP contribution in [0.5, 0.6) is 0 Å². The van der Waals surface area contributed by atoms with Crippen molar-refractivity contribution in [1.82, 2.24) is 5.32 Å². The average Bonchev–Trinajstić information content (AvgIpc) is 2.24. The lowest BCUT2D eigenvalue weighted by molar-refractivity contribution is 0.146. The van der Waals surface area contributed by atoms with Crippen molar-refractivity contribution in [2.24, 2.45) is 10.7 Å². The Morgan fingerprint density at radius 2 is 2.33 bits per heavy atom. The van der Waals surface area contributed by atoms with Gasteiger partial charge in [-0.3, -0.25) is 4.99 Å². The normalized spacial score (nSPS) is 12.3. The molecule has 0 atom stereocenters. The molecule has 4 heteroatoms. The molecule has 0 aliphatic heterocycles.